The summed E-state index contributed by atoms with van der Waals surface area (Å²) in [7, 11) is 1.38. The normalized spacial score (nSPS) is 12.7. The van der Waals surface area contributed by atoms with E-state index in [0.717, 1.165) is 50.3 Å². The number of aryl methyl sites for hydroxylation is 2. The van der Waals surface area contributed by atoms with Gasteiger partial charge in [0, 0.05) is 20.5 Å². The Bertz CT molecular complexity index is 1290. The topological polar surface area (TPSA) is 64.1 Å². The zero-order valence-electron chi connectivity index (χ0n) is 17.4. The molecule has 0 saturated heterocycles. The zero-order valence-corrected chi connectivity index (χ0v) is 19.7. The minimum atomic E-state index is -0.349. The smallest absolute Gasteiger partial charge is 0.337 e. The number of carbonyl (C=O) groups excluding carboxylic acids is 1. The number of benzene rings is 2. The third-order valence-corrected chi connectivity index (χ3v) is 7.81. The number of rotatable bonds is 6. The van der Waals surface area contributed by atoms with Gasteiger partial charge in [0.25, 0.3) is 0 Å². The van der Waals surface area contributed by atoms with E-state index >= 15 is 0 Å². The standard InChI is InChI=1S/C24H20ClN3O2S2/c1-30-24(29)14-5-9-16(10-6-14)26-22-21-18-3-2-4-19(18)32-23(21)28-20(27-22)13-31-17-11-7-15(25)8-12-17/h5-12H,2-4,13H2,1H3,(H,26,27,28). The van der Waals surface area contributed by atoms with E-state index in [1.54, 1.807) is 35.2 Å². The van der Waals surface area contributed by atoms with Gasteiger partial charge in [0.2, 0.25) is 0 Å². The molecule has 0 saturated carbocycles. The van der Waals surface area contributed by atoms with Crippen LogP contribution < -0.4 is 5.32 Å². The minimum Gasteiger partial charge on any atom is -0.465 e. The number of thioether (sulfide) groups is 1. The van der Waals surface area contributed by atoms with Crippen LogP contribution in [0.1, 0.15) is 33.0 Å². The van der Waals surface area contributed by atoms with Crippen LogP contribution in [0, 0.1) is 0 Å². The highest BCUT2D eigenvalue weighted by molar-refractivity contribution is 7.98. The molecule has 0 spiro atoms. The van der Waals surface area contributed by atoms with Crippen LogP contribution in [0.2, 0.25) is 5.02 Å². The van der Waals surface area contributed by atoms with Crippen LogP contribution in [0.3, 0.4) is 0 Å². The summed E-state index contributed by atoms with van der Waals surface area (Å²) in [4.78, 5) is 25.1. The Kier molecular flexibility index (Phi) is 6.04. The molecule has 8 heteroatoms. The second-order valence-electron chi connectivity index (χ2n) is 7.46. The average Bonchev–Trinajstić information content (AvgIpc) is 3.40. The first-order chi connectivity index (χ1) is 15.6. The molecular formula is C24H20ClN3O2S2. The van der Waals surface area contributed by atoms with Gasteiger partial charge in [0.05, 0.1) is 23.8 Å². The zero-order chi connectivity index (χ0) is 22.1. The van der Waals surface area contributed by atoms with Crippen molar-refractivity contribution in [1.29, 1.82) is 0 Å². The molecule has 5 rings (SSSR count). The lowest BCUT2D eigenvalue weighted by Crippen LogP contribution is -2.03. The van der Waals surface area contributed by atoms with E-state index in [0.29, 0.717) is 11.3 Å². The van der Waals surface area contributed by atoms with Crippen LogP contribution in [0.5, 0.6) is 0 Å². The van der Waals surface area contributed by atoms with Crippen molar-refractivity contribution in [2.24, 2.45) is 0 Å². The lowest BCUT2D eigenvalue weighted by atomic mass is 10.1. The van der Waals surface area contributed by atoms with Gasteiger partial charge in [-0.15, -0.1) is 23.1 Å². The number of nitrogens with zero attached hydrogens (tertiary/aromatic N) is 2. The van der Waals surface area contributed by atoms with Gasteiger partial charge in [0.1, 0.15) is 16.5 Å². The summed E-state index contributed by atoms with van der Waals surface area (Å²) in [6, 6.07) is 15.0. The summed E-state index contributed by atoms with van der Waals surface area (Å²) in [5.74, 6) is 1.92. The summed E-state index contributed by atoms with van der Waals surface area (Å²) in [6.07, 6.45) is 3.35. The molecule has 162 valence electrons. The molecule has 0 bridgehead atoms. The molecule has 4 aromatic rings. The maximum atomic E-state index is 11.7. The number of hydrogen-bond acceptors (Lipinski definition) is 7. The van der Waals surface area contributed by atoms with Gasteiger partial charge >= 0.3 is 5.97 Å². The number of hydrogen-bond donors (Lipinski definition) is 1. The molecule has 1 N–H and O–H groups in total. The van der Waals surface area contributed by atoms with Crippen molar-refractivity contribution in [2.75, 3.05) is 12.4 Å². The number of methoxy groups -OCH3 is 1. The predicted molar refractivity (Wildman–Crippen MR) is 132 cm³/mol. The third kappa shape index (κ3) is 4.33. The van der Waals surface area contributed by atoms with E-state index in [9.17, 15) is 4.79 Å². The summed E-state index contributed by atoms with van der Waals surface area (Å²) >= 11 is 9.46. The van der Waals surface area contributed by atoms with Gasteiger partial charge < -0.3 is 10.1 Å². The Morgan fingerprint density at radius 3 is 2.66 bits per heavy atom. The fourth-order valence-electron chi connectivity index (χ4n) is 3.82. The number of carbonyl (C=O) groups is 1. The van der Waals surface area contributed by atoms with E-state index in [2.05, 4.69) is 5.32 Å². The number of fused-ring (bicyclic) bond motifs is 3. The molecule has 0 radical (unpaired) electrons. The van der Waals surface area contributed by atoms with Crippen LogP contribution in [-0.2, 0) is 23.3 Å². The number of esters is 1. The quantitative estimate of drug-likeness (QED) is 0.245. The third-order valence-electron chi connectivity index (χ3n) is 5.36. The van der Waals surface area contributed by atoms with Crippen molar-refractivity contribution in [3.8, 4) is 0 Å². The average molecular weight is 482 g/mol. The highest BCUT2D eigenvalue weighted by Gasteiger charge is 2.22. The summed E-state index contributed by atoms with van der Waals surface area (Å²) in [6.45, 7) is 0. The van der Waals surface area contributed by atoms with E-state index < -0.39 is 0 Å². The molecule has 0 fully saturated rings. The Morgan fingerprint density at radius 2 is 1.91 bits per heavy atom. The lowest BCUT2D eigenvalue weighted by Gasteiger charge is -2.11. The van der Waals surface area contributed by atoms with E-state index in [1.807, 2.05) is 36.4 Å². The molecule has 1 aliphatic rings. The molecular weight excluding hydrogens is 462 g/mol. The van der Waals surface area contributed by atoms with Crippen molar-refractivity contribution in [3.63, 3.8) is 0 Å². The van der Waals surface area contributed by atoms with Crippen LogP contribution in [0.25, 0.3) is 10.2 Å². The molecule has 32 heavy (non-hydrogen) atoms. The molecule has 1 aliphatic carbocycles. The molecule has 0 unspecified atom stereocenters. The van der Waals surface area contributed by atoms with E-state index in [1.165, 1.54) is 24.0 Å². The Hall–Kier alpha value is -2.61. The number of ether oxygens (including phenoxy) is 1. The van der Waals surface area contributed by atoms with E-state index in [4.69, 9.17) is 26.3 Å². The molecule has 0 atom stereocenters. The Balaban J connectivity index is 1.46. The Morgan fingerprint density at radius 1 is 1.12 bits per heavy atom. The van der Waals surface area contributed by atoms with Crippen LogP contribution in [-0.4, -0.2) is 23.0 Å². The SMILES string of the molecule is COC(=O)c1ccc(Nc2nc(CSc3ccc(Cl)cc3)nc3sc4c(c23)CCC4)cc1. The second kappa shape index (κ2) is 9.10. The van der Waals surface area contributed by atoms with E-state index in [-0.39, 0.29) is 5.97 Å². The second-order valence-corrected chi connectivity index (χ2v) is 10.0. The summed E-state index contributed by atoms with van der Waals surface area (Å²) in [5.41, 5.74) is 2.75. The fraction of sp³-hybridized carbons (Fsp3) is 0.208. The van der Waals surface area contributed by atoms with Gasteiger partial charge in [-0.05, 0) is 73.4 Å². The molecule has 0 amide bonds. The fourth-order valence-corrected chi connectivity index (χ4v) is 5.98. The number of aromatic nitrogens is 2. The first kappa shape index (κ1) is 21.2. The van der Waals surface area contributed by atoms with Crippen molar-refractivity contribution in [2.45, 2.75) is 29.9 Å². The number of anilines is 2. The van der Waals surface area contributed by atoms with Gasteiger partial charge in [0.15, 0.2) is 0 Å². The van der Waals surface area contributed by atoms with Crippen molar-refractivity contribution in [3.05, 3.63) is 75.4 Å². The minimum absolute atomic E-state index is 0.349. The predicted octanol–water partition coefficient (Wildman–Crippen LogP) is 6.66. The first-order valence-corrected chi connectivity index (χ1v) is 12.4. The summed E-state index contributed by atoms with van der Waals surface area (Å²) < 4.78 is 4.79. The molecule has 2 heterocycles. The lowest BCUT2D eigenvalue weighted by molar-refractivity contribution is 0.0601. The van der Waals surface area contributed by atoms with Gasteiger partial charge in [-0.25, -0.2) is 14.8 Å². The Labute approximate surface area is 199 Å². The maximum absolute atomic E-state index is 11.7. The van der Waals surface area contributed by atoms with Crippen molar-refractivity contribution < 1.29 is 9.53 Å². The maximum Gasteiger partial charge on any atom is 0.337 e. The van der Waals surface area contributed by atoms with Crippen molar-refractivity contribution in [1.82, 2.24) is 9.97 Å². The van der Waals surface area contributed by atoms with Gasteiger partial charge in [-0.1, -0.05) is 11.6 Å². The molecule has 2 aromatic carbocycles. The molecule has 5 nitrogen and oxygen atoms in total. The molecule has 0 aliphatic heterocycles. The number of thiophene rings is 1. The largest absolute Gasteiger partial charge is 0.465 e. The van der Waals surface area contributed by atoms with Crippen LogP contribution in [0.4, 0.5) is 11.5 Å². The number of halogens is 1. The first-order valence-electron chi connectivity index (χ1n) is 10.3. The van der Waals surface area contributed by atoms with Crippen molar-refractivity contribution >= 4 is 62.4 Å². The monoisotopic (exact) mass is 481 g/mol. The highest BCUT2D eigenvalue weighted by Crippen LogP contribution is 2.40. The number of nitrogens with one attached hydrogen (secondary N) is 1. The van der Waals surface area contributed by atoms with Crippen LogP contribution >= 0.6 is 34.7 Å². The highest BCUT2D eigenvalue weighted by atomic mass is 35.5. The molecule has 2 aromatic heterocycles. The van der Waals surface area contributed by atoms with Crippen LogP contribution in [0.15, 0.2) is 53.4 Å². The van der Waals surface area contributed by atoms with Gasteiger partial charge in [-0.3, -0.25) is 0 Å². The van der Waals surface area contributed by atoms with Gasteiger partial charge in [-0.2, -0.15) is 0 Å². The summed E-state index contributed by atoms with van der Waals surface area (Å²) in [5, 5.41) is 5.32.